The van der Waals surface area contributed by atoms with Crippen LogP contribution in [0.2, 0.25) is 0 Å². The second-order valence-electron chi connectivity index (χ2n) is 4.66. The molecule has 1 rings (SSSR count). The summed E-state index contributed by atoms with van der Waals surface area (Å²) >= 11 is 0. The predicted octanol–water partition coefficient (Wildman–Crippen LogP) is 1.98. The van der Waals surface area contributed by atoms with Crippen molar-refractivity contribution in [2.45, 2.75) is 19.4 Å². The Hall–Kier alpha value is -1.66. The van der Waals surface area contributed by atoms with Crippen LogP contribution >= 0.6 is 0 Å². The fourth-order valence-corrected chi connectivity index (χ4v) is 1.67. The van der Waals surface area contributed by atoms with E-state index in [4.69, 9.17) is 4.74 Å². The van der Waals surface area contributed by atoms with Crippen LogP contribution in [0.4, 0.5) is 5.69 Å². The first kappa shape index (κ1) is 15.4. The number of nitro benzene ring substituents is 1. The molecule has 0 saturated carbocycles. The third kappa shape index (κ3) is 4.84. The minimum absolute atomic E-state index is 0.0449. The Labute approximate surface area is 112 Å². The van der Waals surface area contributed by atoms with Gasteiger partial charge in [-0.1, -0.05) is 0 Å². The number of hydrogen-bond donors (Lipinski definition) is 1. The zero-order chi connectivity index (χ0) is 14.4. The van der Waals surface area contributed by atoms with Crippen molar-refractivity contribution in [3.05, 3.63) is 33.9 Å². The van der Waals surface area contributed by atoms with E-state index in [0.717, 1.165) is 13.0 Å². The number of aliphatic hydroxyl groups is 1. The van der Waals surface area contributed by atoms with Crippen LogP contribution < -0.4 is 4.74 Å². The van der Waals surface area contributed by atoms with Crippen molar-refractivity contribution >= 4 is 5.69 Å². The highest BCUT2D eigenvalue weighted by atomic mass is 16.6. The van der Waals surface area contributed by atoms with Crippen LogP contribution in [0.15, 0.2) is 18.2 Å². The van der Waals surface area contributed by atoms with Gasteiger partial charge in [0.05, 0.1) is 17.6 Å². The first-order chi connectivity index (χ1) is 8.91. The highest BCUT2D eigenvalue weighted by Crippen LogP contribution is 2.29. The summed E-state index contributed by atoms with van der Waals surface area (Å²) in [7, 11) is 3.96. The summed E-state index contributed by atoms with van der Waals surface area (Å²) in [5.41, 5.74) is 0.399. The normalized spacial score (nSPS) is 12.5. The van der Waals surface area contributed by atoms with Gasteiger partial charge in [-0.25, -0.2) is 0 Å². The number of rotatable bonds is 7. The van der Waals surface area contributed by atoms with E-state index < -0.39 is 11.0 Å². The Bertz CT molecular complexity index is 433. The number of hydrogen-bond acceptors (Lipinski definition) is 5. The van der Waals surface area contributed by atoms with Gasteiger partial charge in [-0.3, -0.25) is 10.1 Å². The van der Waals surface area contributed by atoms with Crippen molar-refractivity contribution in [2.24, 2.45) is 0 Å². The van der Waals surface area contributed by atoms with E-state index in [2.05, 4.69) is 4.90 Å². The lowest BCUT2D eigenvalue weighted by Crippen LogP contribution is -2.15. The average molecular weight is 268 g/mol. The first-order valence-electron chi connectivity index (χ1n) is 6.15. The second kappa shape index (κ2) is 7.06. The molecule has 1 N–H and O–H groups in total. The summed E-state index contributed by atoms with van der Waals surface area (Å²) in [6, 6.07) is 4.27. The standard InChI is InChI=1S/C13H20N2O4/c1-10(16)12-9-11(15(17)18)5-6-13(12)19-8-4-7-14(2)3/h5-6,9-10,16H,4,7-8H2,1-3H3/t10-/m1/s1. The minimum atomic E-state index is -0.802. The molecule has 0 aliphatic carbocycles. The van der Waals surface area contributed by atoms with Gasteiger partial charge in [-0.15, -0.1) is 0 Å². The zero-order valence-corrected chi connectivity index (χ0v) is 11.5. The zero-order valence-electron chi connectivity index (χ0n) is 11.5. The molecule has 0 radical (unpaired) electrons. The number of nitrogens with zero attached hydrogens (tertiary/aromatic N) is 2. The van der Waals surface area contributed by atoms with Crippen molar-refractivity contribution in [1.29, 1.82) is 0 Å². The Morgan fingerprint density at radius 2 is 2.16 bits per heavy atom. The summed E-state index contributed by atoms with van der Waals surface area (Å²) in [4.78, 5) is 12.3. The van der Waals surface area contributed by atoms with Crippen LogP contribution in [-0.4, -0.2) is 42.2 Å². The first-order valence-corrected chi connectivity index (χ1v) is 6.15. The van der Waals surface area contributed by atoms with Gasteiger partial charge in [0.25, 0.3) is 5.69 Å². The molecule has 0 aliphatic heterocycles. The molecule has 0 saturated heterocycles. The summed E-state index contributed by atoms with van der Waals surface area (Å²) in [5.74, 6) is 0.499. The van der Waals surface area contributed by atoms with Gasteiger partial charge >= 0.3 is 0 Å². The Kier molecular flexibility index (Phi) is 5.72. The van der Waals surface area contributed by atoms with Crippen LogP contribution in [0, 0.1) is 10.1 Å². The molecule has 6 nitrogen and oxygen atoms in total. The monoisotopic (exact) mass is 268 g/mol. The fraction of sp³-hybridized carbons (Fsp3) is 0.538. The van der Waals surface area contributed by atoms with Gasteiger partial charge in [0.2, 0.25) is 0 Å². The summed E-state index contributed by atoms with van der Waals surface area (Å²) in [6.07, 6.45) is 0.0483. The van der Waals surface area contributed by atoms with Crippen LogP contribution in [0.1, 0.15) is 25.0 Å². The Balaban J connectivity index is 2.74. The predicted molar refractivity (Wildman–Crippen MR) is 72.4 cm³/mol. The second-order valence-corrected chi connectivity index (χ2v) is 4.66. The van der Waals surface area contributed by atoms with E-state index in [0.29, 0.717) is 17.9 Å². The molecule has 1 aromatic rings. The average Bonchev–Trinajstić information content (AvgIpc) is 2.34. The molecule has 0 aliphatic rings. The number of aliphatic hydroxyl groups excluding tert-OH is 1. The van der Waals surface area contributed by atoms with Gasteiger partial charge < -0.3 is 14.7 Å². The van der Waals surface area contributed by atoms with Gasteiger partial charge in [-0.2, -0.15) is 0 Å². The van der Waals surface area contributed by atoms with Crippen LogP contribution in [0.3, 0.4) is 0 Å². The third-order valence-electron chi connectivity index (χ3n) is 2.66. The van der Waals surface area contributed by atoms with E-state index >= 15 is 0 Å². The SMILES string of the molecule is C[C@@H](O)c1cc([N+](=O)[O-])ccc1OCCCN(C)C. The van der Waals surface area contributed by atoms with Crippen molar-refractivity contribution in [1.82, 2.24) is 4.90 Å². The van der Waals surface area contributed by atoms with Crippen molar-refractivity contribution in [2.75, 3.05) is 27.2 Å². The maximum Gasteiger partial charge on any atom is 0.270 e. The molecule has 106 valence electrons. The van der Waals surface area contributed by atoms with Crippen molar-refractivity contribution < 1.29 is 14.8 Å². The molecule has 0 amide bonds. The van der Waals surface area contributed by atoms with E-state index in [1.165, 1.54) is 18.2 Å². The maximum atomic E-state index is 10.7. The molecule has 0 fully saturated rings. The third-order valence-corrected chi connectivity index (χ3v) is 2.66. The largest absolute Gasteiger partial charge is 0.493 e. The van der Waals surface area contributed by atoms with Crippen LogP contribution in [-0.2, 0) is 0 Å². The highest BCUT2D eigenvalue weighted by Gasteiger charge is 2.15. The number of benzene rings is 1. The van der Waals surface area contributed by atoms with E-state index in [1.807, 2.05) is 14.1 Å². The summed E-state index contributed by atoms with van der Waals surface area (Å²) in [5, 5.41) is 20.3. The van der Waals surface area contributed by atoms with Crippen LogP contribution in [0.5, 0.6) is 5.75 Å². The van der Waals surface area contributed by atoms with E-state index in [-0.39, 0.29) is 5.69 Å². The highest BCUT2D eigenvalue weighted by molar-refractivity contribution is 5.44. The molecular weight excluding hydrogens is 248 g/mol. The van der Waals surface area contributed by atoms with Crippen molar-refractivity contribution in [3.63, 3.8) is 0 Å². The molecule has 6 heteroatoms. The molecule has 19 heavy (non-hydrogen) atoms. The van der Waals surface area contributed by atoms with Crippen molar-refractivity contribution in [3.8, 4) is 5.75 Å². The molecule has 0 unspecified atom stereocenters. The maximum absolute atomic E-state index is 10.7. The van der Waals surface area contributed by atoms with Gasteiger partial charge in [0, 0.05) is 24.2 Å². The Morgan fingerprint density at radius 1 is 1.47 bits per heavy atom. The molecule has 0 bridgehead atoms. The van der Waals surface area contributed by atoms with E-state index in [9.17, 15) is 15.2 Å². The van der Waals surface area contributed by atoms with Gasteiger partial charge in [0.1, 0.15) is 5.75 Å². The molecule has 1 atom stereocenters. The molecule has 0 heterocycles. The minimum Gasteiger partial charge on any atom is -0.493 e. The number of non-ortho nitro benzene ring substituents is 1. The summed E-state index contributed by atoms with van der Waals surface area (Å²) in [6.45, 7) is 2.97. The van der Waals surface area contributed by atoms with Gasteiger partial charge in [0.15, 0.2) is 0 Å². The molecule has 1 aromatic carbocycles. The Morgan fingerprint density at radius 3 is 2.68 bits per heavy atom. The van der Waals surface area contributed by atoms with Gasteiger partial charge in [-0.05, 0) is 33.5 Å². The topological polar surface area (TPSA) is 75.8 Å². The molecule has 0 aromatic heterocycles. The van der Waals surface area contributed by atoms with Crippen LogP contribution in [0.25, 0.3) is 0 Å². The number of nitro groups is 1. The fourth-order valence-electron chi connectivity index (χ4n) is 1.67. The quantitative estimate of drug-likeness (QED) is 0.465. The lowest BCUT2D eigenvalue weighted by atomic mass is 10.1. The molecular formula is C13H20N2O4. The lowest BCUT2D eigenvalue weighted by molar-refractivity contribution is -0.385. The smallest absolute Gasteiger partial charge is 0.270 e. The molecule has 0 spiro atoms. The summed E-state index contributed by atoms with van der Waals surface area (Å²) < 4.78 is 5.57. The van der Waals surface area contributed by atoms with E-state index in [1.54, 1.807) is 6.92 Å². The number of ether oxygens (including phenoxy) is 1. The lowest BCUT2D eigenvalue weighted by Gasteiger charge is -2.14.